The van der Waals surface area contributed by atoms with Gasteiger partial charge in [-0.25, -0.2) is 0 Å². The fourth-order valence-electron chi connectivity index (χ4n) is 3.50. The lowest BCUT2D eigenvalue weighted by atomic mass is 9.84. The van der Waals surface area contributed by atoms with Crippen molar-refractivity contribution in [2.75, 3.05) is 14.2 Å². The Labute approximate surface area is 151 Å². The average Bonchev–Trinajstić information content (AvgIpc) is 3.07. The van der Waals surface area contributed by atoms with E-state index < -0.39 is 17.4 Å². The molecule has 0 spiro atoms. The van der Waals surface area contributed by atoms with Crippen molar-refractivity contribution in [1.29, 1.82) is 5.26 Å². The fourth-order valence-corrected chi connectivity index (χ4v) is 3.50. The highest BCUT2D eigenvalue weighted by Gasteiger charge is 2.53. The van der Waals surface area contributed by atoms with Crippen molar-refractivity contribution in [1.82, 2.24) is 4.98 Å². The Morgan fingerprint density at radius 3 is 2.38 bits per heavy atom. The molecule has 0 radical (unpaired) electrons. The summed E-state index contributed by atoms with van der Waals surface area (Å²) in [6, 6.07) is 13.4. The number of carbonyl (C=O) groups excluding carboxylic acids is 2. The summed E-state index contributed by atoms with van der Waals surface area (Å²) in [6.07, 6.45) is 0.477. The summed E-state index contributed by atoms with van der Waals surface area (Å²) in [6.45, 7) is 0. The van der Waals surface area contributed by atoms with Crippen LogP contribution in [0.2, 0.25) is 0 Å². The molecule has 0 saturated heterocycles. The van der Waals surface area contributed by atoms with Crippen LogP contribution in [-0.2, 0) is 38.3 Å². The van der Waals surface area contributed by atoms with E-state index in [1.165, 1.54) is 14.2 Å². The fraction of sp³-hybridized carbons (Fsp3) is 0.300. The Bertz CT molecular complexity index is 884. The minimum absolute atomic E-state index is 0.149. The lowest BCUT2D eigenvalue weighted by molar-refractivity contribution is -0.168. The van der Waals surface area contributed by atoms with Gasteiger partial charge in [0.15, 0.2) is 5.41 Å². The van der Waals surface area contributed by atoms with E-state index in [0.717, 1.165) is 16.7 Å². The number of rotatable bonds is 4. The van der Waals surface area contributed by atoms with Gasteiger partial charge in [-0.15, -0.1) is 0 Å². The molecule has 3 rings (SSSR count). The van der Waals surface area contributed by atoms with Gasteiger partial charge in [0.1, 0.15) is 0 Å². The van der Waals surface area contributed by atoms with E-state index in [-0.39, 0.29) is 19.3 Å². The number of pyridine rings is 1. The molecule has 0 fully saturated rings. The Hall–Kier alpha value is -3.20. The number of nitrogens with zero attached hydrogens (tertiary/aromatic N) is 2. The summed E-state index contributed by atoms with van der Waals surface area (Å²) in [5.41, 5.74) is 2.38. The molecule has 1 aromatic heterocycles. The average molecular weight is 350 g/mol. The summed E-state index contributed by atoms with van der Waals surface area (Å²) < 4.78 is 9.80. The summed E-state index contributed by atoms with van der Waals surface area (Å²) >= 11 is 0. The van der Waals surface area contributed by atoms with Crippen LogP contribution in [0.15, 0.2) is 36.4 Å². The van der Waals surface area contributed by atoms with Crippen LogP contribution < -0.4 is 0 Å². The van der Waals surface area contributed by atoms with Crippen molar-refractivity contribution in [3.63, 3.8) is 0 Å². The molecule has 1 aromatic carbocycles. The van der Waals surface area contributed by atoms with E-state index >= 15 is 0 Å². The third-order valence-electron chi connectivity index (χ3n) is 4.70. The standard InChI is InChI=1S/C20H18N2O4/c1-25-18(23)20(19(24)26-2)11-14-10-15(8-9-21)22-17(16(14)12-20)13-6-4-3-5-7-13/h3-7,10H,8,11-12H2,1-2H3. The minimum Gasteiger partial charge on any atom is -0.468 e. The SMILES string of the molecule is COC(=O)C1(C(=O)OC)Cc2cc(CC#N)nc(-c3ccccc3)c2C1. The molecule has 2 aromatic rings. The second kappa shape index (κ2) is 6.96. The molecule has 132 valence electrons. The second-order valence-electron chi connectivity index (χ2n) is 6.22. The van der Waals surface area contributed by atoms with E-state index in [9.17, 15) is 9.59 Å². The first-order valence-electron chi connectivity index (χ1n) is 8.16. The van der Waals surface area contributed by atoms with Crippen LogP contribution in [0.3, 0.4) is 0 Å². The number of ether oxygens (including phenoxy) is 2. The quantitative estimate of drug-likeness (QED) is 0.621. The topological polar surface area (TPSA) is 89.3 Å². The Balaban J connectivity index is 2.18. The number of hydrogen-bond donors (Lipinski definition) is 0. The molecule has 0 amide bonds. The van der Waals surface area contributed by atoms with Gasteiger partial charge < -0.3 is 9.47 Å². The third-order valence-corrected chi connectivity index (χ3v) is 4.70. The molecule has 0 aliphatic heterocycles. The number of carbonyl (C=O) groups is 2. The normalized spacial score (nSPS) is 14.2. The van der Waals surface area contributed by atoms with Crippen LogP contribution in [0.4, 0.5) is 0 Å². The molecule has 0 bridgehead atoms. The Kier molecular flexibility index (Phi) is 4.72. The second-order valence-corrected chi connectivity index (χ2v) is 6.22. The van der Waals surface area contributed by atoms with Crippen LogP contribution in [0.5, 0.6) is 0 Å². The van der Waals surface area contributed by atoms with Crippen molar-refractivity contribution in [2.24, 2.45) is 5.41 Å². The van der Waals surface area contributed by atoms with Gasteiger partial charge in [0.25, 0.3) is 0 Å². The predicted molar refractivity (Wildman–Crippen MR) is 92.9 cm³/mol. The molecule has 6 nitrogen and oxygen atoms in total. The Morgan fingerprint density at radius 1 is 1.15 bits per heavy atom. The lowest BCUT2D eigenvalue weighted by Gasteiger charge is -2.22. The number of methoxy groups -OCH3 is 2. The number of hydrogen-bond acceptors (Lipinski definition) is 6. The summed E-state index contributed by atoms with van der Waals surface area (Å²) in [5, 5.41) is 9.05. The van der Waals surface area contributed by atoms with Crippen molar-refractivity contribution < 1.29 is 19.1 Å². The Morgan fingerprint density at radius 2 is 1.81 bits per heavy atom. The molecule has 1 aliphatic rings. The lowest BCUT2D eigenvalue weighted by Crippen LogP contribution is -2.42. The first-order chi connectivity index (χ1) is 12.6. The van der Waals surface area contributed by atoms with Gasteiger partial charge in [0, 0.05) is 12.0 Å². The molecule has 26 heavy (non-hydrogen) atoms. The van der Waals surface area contributed by atoms with Gasteiger partial charge in [-0.3, -0.25) is 14.6 Å². The summed E-state index contributed by atoms with van der Waals surface area (Å²) in [7, 11) is 2.51. The van der Waals surface area contributed by atoms with Gasteiger partial charge >= 0.3 is 11.9 Å². The van der Waals surface area contributed by atoms with Crippen LogP contribution in [-0.4, -0.2) is 31.1 Å². The molecule has 6 heteroatoms. The van der Waals surface area contributed by atoms with Gasteiger partial charge in [0.2, 0.25) is 0 Å². The highest BCUT2D eigenvalue weighted by molar-refractivity contribution is 6.02. The van der Waals surface area contributed by atoms with E-state index in [2.05, 4.69) is 11.1 Å². The molecule has 0 saturated carbocycles. The summed E-state index contributed by atoms with van der Waals surface area (Å²) in [4.78, 5) is 29.5. The number of fused-ring (bicyclic) bond motifs is 1. The van der Waals surface area contributed by atoms with Gasteiger partial charge in [-0.1, -0.05) is 30.3 Å². The van der Waals surface area contributed by atoms with E-state index in [1.54, 1.807) is 6.07 Å². The zero-order chi connectivity index (χ0) is 18.7. The van der Waals surface area contributed by atoms with Gasteiger partial charge in [-0.2, -0.15) is 5.26 Å². The third kappa shape index (κ3) is 2.82. The monoisotopic (exact) mass is 350 g/mol. The van der Waals surface area contributed by atoms with E-state index in [1.807, 2.05) is 30.3 Å². The molecule has 1 aliphatic carbocycles. The number of benzene rings is 1. The summed E-state index contributed by atoms with van der Waals surface area (Å²) in [5.74, 6) is -1.25. The highest BCUT2D eigenvalue weighted by Crippen LogP contribution is 2.43. The molecular weight excluding hydrogens is 332 g/mol. The maximum Gasteiger partial charge on any atom is 0.323 e. The molecule has 0 N–H and O–H groups in total. The zero-order valence-corrected chi connectivity index (χ0v) is 14.6. The van der Waals surface area contributed by atoms with Crippen molar-refractivity contribution in [3.8, 4) is 17.3 Å². The van der Waals surface area contributed by atoms with E-state index in [4.69, 9.17) is 14.7 Å². The molecule has 1 heterocycles. The van der Waals surface area contributed by atoms with Crippen LogP contribution in [0.25, 0.3) is 11.3 Å². The first-order valence-corrected chi connectivity index (χ1v) is 8.16. The zero-order valence-electron chi connectivity index (χ0n) is 14.6. The van der Waals surface area contributed by atoms with Crippen molar-refractivity contribution >= 4 is 11.9 Å². The first kappa shape index (κ1) is 17.6. The highest BCUT2D eigenvalue weighted by atomic mass is 16.5. The minimum atomic E-state index is -1.41. The van der Waals surface area contributed by atoms with Crippen LogP contribution in [0, 0.1) is 16.7 Å². The van der Waals surface area contributed by atoms with Gasteiger partial charge in [0.05, 0.1) is 38.1 Å². The molecule has 0 atom stereocenters. The number of nitriles is 1. The maximum atomic E-state index is 12.5. The smallest absolute Gasteiger partial charge is 0.323 e. The van der Waals surface area contributed by atoms with Crippen molar-refractivity contribution in [2.45, 2.75) is 19.3 Å². The van der Waals surface area contributed by atoms with Gasteiger partial charge in [-0.05, 0) is 23.6 Å². The van der Waals surface area contributed by atoms with E-state index in [0.29, 0.717) is 11.4 Å². The van der Waals surface area contributed by atoms with Crippen LogP contribution in [0.1, 0.15) is 16.8 Å². The van der Waals surface area contributed by atoms with Crippen LogP contribution >= 0.6 is 0 Å². The predicted octanol–water partition coefficient (Wildman–Crippen LogP) is 2.25. The molecule has 0 unspecified atom stereocenters. The number of aromatic nitrogens is 1. The van der Waals surface area contributed by atoms with Crippen molar-refractivity contribution in [3.05, 3.63) is 53.2 Å². The molecular formula is C20H18N2O4. The maximum absolute atomic E-state index is 12.5. The largest absolute Gasteiger partial charge is 0.468 e. The number of esters is 2.